The van der Waals surface area contributed by atoms with Crippen molar-refractivity contribution in [2.45, 2.75) is 32.8 Å². The number of rotatable bonds is 4. The van der Waals surface area contributed by atoms with Gasteiger partial charge in [0.05, 0.1) is 24.0 Å². The van der Waals surface area contributed by atoms with E-state index in [1.807, 2.05) is 13.8 Å². The third kappa shape index (κ3) is 3.32. The van der Waals surface area contributed by atoms with Crippen LogP contribution < -0.4 is 5.01 Å². The van der Waals surface area contributed by atoms with Crippen LogP contribution in [0.3, 0.4) is 0 Å². The second kappa shape index (κ2) is 6.58. The maximum atomic E-state index is 13.0. The summed E-state index contributed by atoms with van der Waals surface area (Å²) >= 11 is 0. The summed E-state index contributed by atoms with van der Waals surface area (Å²) in [6.07, 6.45) is 2.25. The molecule has 1 fully saturated rings. The highest BCUT2D eigenvalue weighted by molar-refractivity contribution is 6.27. The van der Waals surface area contributed by atoms with Crippen LogP contribution >= 0.6 is 0 Å². The summed E-state index contributed by atoms with van der Waals surface area (Å²) in [5, 5.41) is 5.64. The average Bonchev–Trinajstić information content (AvgIpc) is 3.14. The van der Waals surface area contributed by atoms with E-state index in [1.165, 1.54) is 17.1 Å². The third-order valence-electron chi connectivity index (χ3n) is 4.19. The molecule has 0 unspecified atom stereocenters. The molecule has 6 heteroatoms. The van der Waals surface area contributed by atoms with Gasteiger partial charge in [-0.15, -0.1) is 0 Å². The highest BCUT2D eigenvalue weighted by Gasteiger charge is 2.36. The van der Waals surface area contributed by atoms with Crippen LogP contribution in [0, 0.1) is 11.7 Å². The summed E-state index contributed by atoms with van der Waals surface area (Å²) in [5.41, 5.74) is 2.01. The minimum absolute atomic E-state index is 0.150. The van der Waals surface area contributed by atoms with Crippen molar-refractivity contribution in [3.8, 4) is 0 Å². The fourth-order valence-electron chi connectivity index (χ4n) is 2.94. The molecule has 0 bridgehead atoms. The van der Waals surface area contributed by atoms with Crippen LogP contribution in [0.4, 0.5) is 10.1 Å². The smallest absolute Gasteiger partial charge is 0.261 e. The molecular formula is C17H20FN3O2. The molecular weight excluding hydrogens is 297 g/mol. The van der Waals surface area contributed by atoms with Gasteiger partial charge in [-0.25, -0.2) is 4.39 Å². The van der Waals surface area contributed by atoms with E-state index in [0.29, 0.717) is 17.9 Å². The summed E-state index contributed by atoms with van der Waals surface area (Å²) < 4.78 is 18.6. The van der Waals surface area contributed by atoms with Gasteiger partial charge in [0.2, 0.25) is 0 Å². The Balaban J connectivity index is 1.73. The summed E-state index contributed by atoms with van der Waals surface area (Å²) in [6, 6.07) is 5.73. The number of hydrazone groups is 1. The number of anilines is 1. The van der Waals surface area contributed by atoms with Gasteiger partial charge >= 0.3 is 0 Å². The van der Waals surface area contributed by atoms with E-state index in [1.54, 1.807) is 12.1 Å². The summed E-state index contributed by atoms with van der Waals surface area (Å²) in [6.45, 7) is 5.04. The van der Waals surface area contributed by atoms with Crippen LogP contribution in [-0.2, 0) is 9.53 Å². The highest BCUT2D eigenvalue weighted by atomic mass is 19.1. The predicted octanol–water partition coefficient (Wildman–Crippen LogP) is 2.80. The highest BCUT2D eigenvalue weighted by Crippen LogP contribution is 2.25. The van der Waals surface area contributed by atoms with Crippen LogP contribution in [0.25, 0.3) is 0 Å². The van der Waals surface area contributed by atoms with Gasteiger partial charge < -0.3 is 4.74 Å². The molecule has 1 amide bonds. The number of carbonyl (C=O) groups excluding carboxylic acids is 1. The van der Waals surface area contributed by atoms with Gasteiger partial charge in [0.15, 0.2) is 0 Å². The average molecular weight is 317 g/mol. The Morgan fingerprint density at radius 1 is 1.43 bits per heavy atom. The first kappa shape index (κ1) is 15.8. The molecule has 1 aromatic carbocycles. The normalized spacial score (nSPS) is 25.2. The van der Waals surface area contributed by atoms with Crippen LogP contribution in [0.15, 0.2) is 34.4 Å². The van der Waals surface area contributed by atoms with Gasteiger partial charge in [-0.3, -0.25) is 9.79 Å². The molecule has 122 valence electrons. The largest absolute Gasteiger partial charge is 0.376 e. The quantitative estimate of drug-likeness (QED) is 0.802. The standard InChI is InChI=1S/C17H20FN3O2/c1-11(19-10-15-4-3-9-23-15)16-12(2)20-21(17(16)22)14-7-5-13(18)6-8-14/h5-8,15-16H,3-4,9-10H2,1-2H3/t15-,16+/m1/s1. The molecule has 0 aromatic heterocycles. The van der Waals surface area contributed by atoms with E-state index >= 15 is 0 Å². The molecule has 1 aromatic rings. The number of hydrogen-bond donors (Lipinski definition) is 0. The molecule has 2 aliphatic heterocycles. The van der Waals surface area contributed by atoms with Gasteiger partial charge in [-0.05, 0) is 51.0 Å². The van der Waals surface area contributed by atoms with E-state index in [4.69, 9.17) is 4.74 Å². The Morgan fingerprint density at radius 3 is 2.83 bits per heavy atom. The second-order valence-electron chi connectivity index (χ2n) is 5.92. The zero-order valence-electron chi connectivity index (χ0n) is 13.3. The number of nitrogens with zero attached hydrogens (tertiary/aromatic N) is 3. The minimum atomic E-state index is -0.443. The fourth-order valence-corrected chi connectivity index (χ4v) is 2.94. The molecule has 0 aliphatic carbocycles. The zero-order chi connectivity index (χ0) is 16.4. The SMILES string of the molecule is CC(=NC[C@H]1CCCO1)[C@@H]1C(=O)N(c2ccc(F)cc2)N=C1C. The van der Waals surface area contributed by atoms with Crippen LogP contribution in [0.2, 0.25) is 0 Å². The van der Waals surface area contributed by atoms with E-state index in [9.17, 15) is 9.18 Å². The summed E-state index contributed by atoms with van der Waals surface area (Å²) in [7, 11) is 0. The number of amides is 1. The summed E-state index contributed by atoms with van der Waals surface area (Å²) in [4.78, 5) is 17.2. The van der Waals surface area contributed by atoms with Crippen LogP contribution in [0.5, 0.6) is 0 Å². The van der Waals surface area contributed by atoms with Crippen molar-refractivity contribution in [3.63, 3.8) is 0 Å². The molecule has 0 spiro atoms. The van der Waals surface area contributed by atoms with Gasteiger partial charge in [0, 0.05) is 12.3 Å². The van der Waals surface area contributed by atoms with Gasteiger partial charge in [-0.1, -0.05) is 0 Å². The molecule has 0 saturated carbocycles. The second-order valence-corrected chi connectivity index (χ2v) is 5.92. The van der Waals surface area contributed by atoms with Crippen molar-refractivity contribution in [2.75, 3.05) is 18.2 Å². The van der Waals surface area contributed by atoms with Crippen molar-refractivity contribution < 1.29 is 13.9 Å². The first-order chi connectivity index (χ1) is 11.1. The molecule has 2 heterocycles. The number of hydrogen-bond acceptors (Lipinski definition) is 4. The Kier molecular flexibility index (Phi) is 4.52. The van der Waals surface area contributed by atoms with Crippen LogP contribution in [-0.4, -0.2) is 36.6 Å². The Morgan fingerprint density at radius 2 is 2.17 bits per heavy atom. The summed E-state index contributed by atoms with van der Waals surface area (Å²) in [5.74, 6) is -0.934. The maximum absolute atomic E-state index is 13.0. The number of aliphatic imine (C=N–C) groups is 1. The molecule has 0 radical (unpaired) electrons. The Labute approximate surface area is 134 Å². The lowest BCUT2D eigenvalue weighted by molar-refractivity contribution is -0.118. The molecule has 23 heavy (non-hydrogen) atoms. The van der Waals surface area contributed by atoms with Crippen molar-refractivity contribution in [1.82, 2.24) is 0 Å². The number of halogens is 1. The topological polar surface area (TPSA) is 54.3 Å². The van der Waals surface area contributed by atoms with Crippen molar-refractivity contribution in [1.29, 1.82) is 0 Å². The van der Waals surface area contributed by atoms with E-state index in [2.05, 4.69) is 10.1 Å². The third-order valence-corrected chi connectivity index (χ3v) is 4.19. The van der Waals surface area contributed by atoms with Crippen molar-refractivity contribution >= 4 is 23.0 Å². The van der Waals surface area contributed by atoms with Crippen LogP contribution in [0.1, 0.15) is 26.7 Å². The Bertz CT molecular complexity index is 648. The van der Waals surface area contributed by atoms with E-state index in [-0.39, 0.29) is 17.8 Å². The minimum Gasteiger partial charge on any atom is -0.376 e. The van der Waals surface area contributed by atoms with E-state index in [0.717, 1.165) is 25.2 Å². The fraction of sp³-hybridized carbons (Fsp3) is 0.471. The van der Waals surface area contributed by atoms with Gasteiger partial charge in [0.25, 0.3) is 5.91 Å². The lowest BCUT2D eigenvalue weighted by Crippen LogP contribution is -2.32. The predicted molar refractivity (Wildman–Crippen MR) is 87.4 cm³/mol. The molecule has 1 saturated heterocycles. The first-order valence-electron chi connectivity index (χ1n) is 7.83. The van der Waals surface area contributed by atoms with E-state index < -0.39 is 5.92 Å². The lowest BCUT2D eigenvalue weighted by Gasteiger charge is -2.15. The van der Waals surface area contributed by atoms with Gasteiger partial charge in [0.1, 0.15) is 11.7 Å². The number of benzene rings is 1. The maximum Gasteiger partial charge on any atom is 0.261 e. The monoisotopic (exact) mass is 317 g/mol. The molecule has 2 atom stereocenters. The van der Waals surface area contributed by atoms with Gasteiger partial charge in [-0.2, -0.15) is 10.1 Å². The molecule has 3 rings (SSSR count). The molecule has 2 aliphatic rings. The van der Waals surface area contributed by atoms with Crippen molar-refractivity contribution in [3.05, 3.63) is 30.1 Å². The van der Waals surface area contributed by atoms with Crippen molar-refractivity contribution in [2.24, 2.45) is 16.0 Å². The lowest BCUT2D eigenvalue weighted by atomic mass is 9.99. The number of ether oxygens (including phenoxy) is 1. The molecule has 5 nitrogen and oxygen atoms in total. The first-order valence-corrected chi connectivity index (χ1v) is 7.83. The number of carbonyl (C=O) groups is 1. The zero-order valence-corrected chi connectivity index (χ0v) is 13.3. The Hall–Kier alpha value is -2.08. The molecule has 0 N–H and O–H groups in total.